The molecule has 136 valence electrons. The molecule has 1 fully saturated rings. The van der Waals surface area contributed by atoms with Crippen LogP contribution in [0.5, 0.6) is 0 Å². The molecule has 0 radical (unpaired) electrons. The molecule has 1 amide bonds. The van der Waals surface area contributed by atoms with Crippen LogP contribution < -0.4 is 0 Å². The van der Waals surface area contributed by atoms with Crippen molar-refractivity contribution in [2.24, 2.45) is 0 Å². The fraction of sp³-hybridized carbons (Fsp3) is 0.611. The first-order valence-electron chi connectivity index (χ1n) is 9.03. The van der Waals surface area contributed by atoms with E-state index in [-0.39, 0.29) is 11.9 Å². The fourth-order valence-corrected chi connectivity index (χ4v) is 3.28. The van der Waals surface area contributed by atoms with E-state index in [1.54, 1.807) is 10.7 Å². The molecule has 0 aliphatic carbocycles. The van der Waals surface area contributed by atoms with E-state index >= 15 is 0 Å². The number of nitrogens with zero attached hydrogens (tertiary/aromatic N) is 5. The van der Waals surface area contributed by atoms with Crippen LogP contribution in [-0.2, 0) is 11.3 Å². The molecule has 0 bridgehead atoms. The van der Waals surface area contributed by atoms with Crippen LogP contribution in [0, 0.1) is 0 Å². The highest BCUT2D eigenvalue weighted by Gasteiger charge is 2.25. The first-order chi connectivity index (χ1) is 12.1. The number of aromatic nitrogens is 3. The van der Waals surface area contributed by atoms with E-state index in [0.29, 0.717) is 24.4 Å². The highest BCUT2D eigenvalue weighted by atomic mass is 16.5. The summed E-state index contributed by atoms with van der Waals surface area (Å²) >= 11 is 0. The summed E-state index contributed by atoms with van der Waals surface area (Å²) in [4.78, 5) is 21.5. The van der Waals surface area contributed by atoms with Crippen molar-refractivity contribution in [1.82, 2.24) is 24.4 Å². The van der Waals surface area contributed by atoms with Gasteiger partial charge in [0.15, 0.2) is 5.65 Å². The lowest BCUT2D eigenvalue weighted by atomic mass is 10.1. The van der Waals surface area contributed by atoms with Crippen molar-refractivity contribution < 1.29 is 9.53 Å². The average Bonchev–Trinajstić information content (AvgIpc) is 3.08. The van der Waals surface area contributed by atoms with Crippen LogP contribution in [0.2, 0.25) is 0 Å². The van der Waals surface area contributed by atoms with E-state index in [1.165, 1.54) is 0 Å². The minimum absolute atomic E-state index is 0.0223. The summed E-state index contributed by atoms with van der Waals surface area (Å²) in [6.45, 7) is 8.54. The number of hydrogen-bond donors (Lipinski definition) is 0. The molecule has 7 heteroatoms. The Hall–Kier alpha value is -1.99. The van der Waals surface area contributed by atoms with E-state index in [1.807, 2.05) is 24.3 Å². The van der Waals surface area contributed by atoms with Gasteiger partial charge in [-0.25, -0.2) is 9.50 Å². The van der Waals surface area contributed by atoms with Gasteiger partial charge in [-0.3, -0.25) is 9.69 Å². The molecule has 2 aromatic heterocycles. The van der Waals surface area contributed by atoms with Gasteiger partial charge < -0.3 is 9.64 Å². The Labute approximate surface area is 148 Å². The Bertz CT molecular complexity index is 719. The number of carbonyl (C=O) groups excluding carboxylic acids is 1. The standard InChI is InChI=1S/C18H27N5O2/c1-4-22(5-2)12-14-10-19-17-16(11-20-23(17)13-14)18(24)21(3)15-6-8-25-9-7-15/h10-11,13,15H,4-9,12H2,1-3H3. The Morgan fingerprint density at radius 1 is 1.28 bits per heavy atom. The monoisotopic (exact) mass is 345 g/mol. The van der Waals surface area contributed by atoms with Crippen LogP contribution in [-0.4, -0.2) is 69.7 Å². The van der Waals surface area contributed by atoms with E-state index < -0.39 is 0 Å². The molecule has 1 aliphatic heterocycles. The van der Waals surface area contributed by atoms with Gasteiger partial charge in [-0.15, -0.1) is 0 Å². The van der Waals surface area contributed by atoms with Crippen molar-refractivity contribution in [2.75, 3.05) is 33.4 Å². The quantitative estimate of drug-likeness (QED) is 0.799. The molecule has 0 unspecified atom stereocenters. The molecule has 1 saturated heterocycles. The van der Waals surface area contributed by atoms with Gasteiger partial charge in [0.25, 0.3) is 5.91 Å². The van der Waals surface area contributed by atoms with Gasteiger partial charge in [0, 0.05) is 50.8 Å². The van der Waals surface area contributed by atoms with Gasteiger partial charge in [0.2, 0.25) is 0 Å². The maximum atomic E-state index is 12.9. The molecule has 25 heavy (non-hydrogen) atoms. The normalized spacial score (nSPS) is 15.8. The van der Waals surface area contributed by atoms with Crippen molar-refractivity contribution in [3.05, 3.63) is 29.7 Å². The predicted octanol–water partition coefficient (Wildman–Crippen LogP) is 1.82. The predicted molar refractivity (Wildman–Crippen MR) is 95.5 cm³/mol. The number of carbonyl (C=O) groups is 1. The summed E-state index contributed by atoms with van der Waals surface area (Å²) in [5.74, 6) is -0.0223. The topological polar surface area (TPSA) is 63.0 Å². The van der Waals surface area contributed by atoms with Crippen molar-refractivity contribution >= 4 is 11.6 Å². The Kier molecular flexibility index (Phi) is 5.65. The molecule has 7 nitrogen and oxygen atoms in total. The van der Waals surface area contributed by atoms with E-state index in [4.69, 9.17) is 4.74 Å². The average molecular weight is 345 g/mol. The highest BCUT2D eigenvalue weighted by molar-refractivity contribution is 5.99. The minimum Gasteiger partial charge on any atom is -0.381 e. The maximum Gasteiger partial charge on any atom is 0.259 e. The van der Waals surface area contributed by atoms with Gasteiger partial charge >= 0.3 is 0 Å². The summed E-state index contributed by atoms with van der Waals surface area (Å²) in [5.41, 5.74) is 2.27. The van der Waals surface area contributed by atoms with E-state index in [9.17, 15) is 4.79 Å². The van der Waals surface area contributed by atoms with E-state index in [2.05, 4.69) is 28.8 Å². The van der Waals surface area contributed by atoms with Crippen molar-refractivity contribution in [1.29, 1.82) is 0 Å². The molecule has 3 rings (SSSR count). The zero-order valence-corrected chi connectivity index (χ0v) is 15.3. The second-order valence-electron chi connectivity index (χ2n) is 6.51. The van der Waals surface area contributed by atoms with Gasteiger partial charge in [0.05, 0.1) is 6.20 Å². The molecule has 0 atom stereocenters. The summed E-state index contributed by atoms with van der Waals surface area (Å²) < 4.78 is 7.10. The minimum atomic E-state index is -0.0223. The molecule has 0 N–H and O–H groups in total. The zero-order chi connectivity index (χ0) is 17.8. The third kappa shape index (κ3) is 3.82. The van der Waals surface area contributed by atoms with Crippen molar-refractivity contribution in [2.45, 2.75) is 39.3 Å². The summed E-state index contributed by atoms with van der Waals surface area (Å²) in [6.07, 6.45) is 7.19. The molecular formula is C18H27N5O2. The summed E-state index contributed by atoms with van der Waals surface area (Å²) in [6, 6.07) is 0.220. The Morgan fingerprint density at radius 3 is 2.68 bits per heavy atom. The first kappa shape index (κ1) is 17.8. The van der Waals surface area contributed by atoms with Crippen LogP contribution >= 0.6 is 0 Å². The van der Waals surface area contributed by atoms with Gasteiger partial charge in [-0.2, -0.15) is 5.10 Å². The molecule has 0 saturated carbocycles. The smallest absolute Gasteiger partial charge is 0.259 e. The summed E-state index contributed by atoms with van der Waals surface area (Å²) in [5, 5.41) is 4.35. The Morgan fingerprint density at radius 2 is 2.00 bits per heavy atom. The second-order valence-corrected chi connectivity index (χ2v) is 6.51. The number of rotatable bonds is 6. The number of hydrogen-bond acceptors (Lipinski definition) is 5. The Balaban J connectivity index is 1.79. The lowest BCUT2D eigenvalue weighted by molar-refractivity contribution is 0.0363. The van der Waals surface area contributed by atoms with Crippen molar-refractivity contribution in [3.63, 3.8) is 0 Å². The van der Waals surface area contributed by atoms with Crippen molar-refractivity contribution in [3.8, 4) is 0 Å². The van der Waals surface area contributed by atoms with Crippen LogP contribution in [0.25, 0.3) is 5.65 Å². The summed E-state index contributed by atoms with van der Waals surface area (Å²) in [7, 11) is 1.86. The van der Waals surface area contributed by atoms with Crippen LogP contribution in [0.1, 0.15) is 42.6 Å². The van der Waals surface area contributed by atoms with Crippen LogP contribution in [0.4, 0.5) is 0 Å². The fourth-order valence-electron chi connectivity index (χ4n) is 3.28. The molecule has 0 spiro atoms. The van der Waals surface area contributed by atoms with Crippen LogP contribution in [0.15, 0.2) is 18.6 Å². The zero-order valence-electron chi connectivity index (χ0n) is 15.3. The first-order valence-corrected chi connectivity index (χ1v) is 9.03. The van der Waals surface area contributed by atoms with Gasteiger partial charge in [0.1, 0.15) is 5.56 Å². The highest BCUT2D eigenvalue weighted by Crippen LogP contribution is 2.18. The lowest BCUT2D eigenvalue weighted by Gasteiger charge is -2.30. The third-order valence-electron chi connectivity index (χ3n) is 5.00. The van der Waals surface area contributed by atoms with Gasteiger partial charge in [-0.1, -0.05) is 13.8 Å². The molecule has 0 aromatic carbocycles. The molecule has 3 heterocycles. The molecular weight excluding hydrogens is 318 g/mol. The van der Waals surface area contributed by atoms with Gasteiger partial charge in [-0.05, 0) is 25.9 Å². The SMILES string of the molecule is CCN(CC)Cc1cnc2c(C(=O)N(C)C3CCOCC3)cnn2c1. The number of ether oxygens (including phenoxy) is 1. The maximum absolute atomic E-state index is 12.9. The van der Waals surface area contributed by atoms with Crippen LogP contribution in [0.3, 0.4) is 0 Å². The molecule has 2 aromatic rings. The molecule has 1 aliphatic rings. The third-order valence-corrected chi connectivity index (χ3v) is 5.00. The number of amides is 1. The largest absolute Gasteiger partial charge is 0.381 e. The lowest BCUT2D eigenvalue weighted by Crippen LogP contribution is -2.40. The number of fused-ring (bicyclic) bond motifs is 1. The van der Waals surface area contributed by atoms with E-state index in [0.717, 1.165) is 38.0 Å². The second kappa shape index (κ2) is 7.93.